The molecule has 1 atom stereocenters. The van der Waals surface area contributed by atoms with E-state index in [4.69, 9.17) is 23.2 Å². The third-order valence-electron chi connectivity index (χ3n) is 4.71. The van der Waals surface area contributed by atoms with Crippen LogP contribution in [0, 0.1) is 6.92 Å². The summed E-state index contributed by atoms with van der Waals surface area (Å²) in [5, 5.41) is 3.55. The second-order valence-corrected chi connectivity index (χ2v) is 8.53. The molecule has 2 amide bonds. The minimum absolute atomic E-state index is 0.0786. The highest BCUT2D eigenvalue weighted by atomic mass is 35.5. The standard InChI is InChI=1S/C22H26Cl2N2O2S/c1-4-20(22(28)25-3)26(12-16-9-10-18(23)19(24)11-16)21(27)14-29-13-17-8-6-5-7-15(17)2/h5-11,20H,4,12-14H2,1-3H3,(H,25,28). The SMILES string of the molecule is CCC(C(=O)NC)N(Cc1ccc(Cl)c(Cl)c1)C(=O)CSCc1ccccc1C. The van der Waals surface area contributed by atoms with Gasteiger partial charge in [-0.25, -0.2) is 0 Å². The molecule has 0 saturated carbocycles. The number of rotatable bonds is 9. The first-order valence-corrected chi connectivity index (χ1v) is 11.4. The van der Waals surface area contributed by atoms with Crippen LogP contribution in [0.2, 0.25) is 10.0 Å². The summed E-state index contributed by atoms with van der Waals surface area (Å²) in [6.45, 7) is 4.26. The molecule has 0 spiro atoms. The van der Waals surface area contributed by atoms with Crippen molar-refractivity contribution in [2.75, 3.05) is 12.8 Å². The molecule has 4 nitrogen and oxygen atoms in total. The summed E-state index contributed by atoms with van der Waals surface area (Å²) in [5.41, 5.74) is 3.25. The van der Waals surface area contributed by atoms with Gasteiger partial charge in [-0.1, -0.05) is 60.5 Å². The monoisotopic (exact) mass is 452 g/mol. The van der Waals surface area contributed by atoms with Crippen LogP contribution >= 0.6 is 35.0 Å². The van der Waals surface area contributed by atoms with Gasteiger partial charge < -0.3 is 10.2 Å². The Kier molecular flexibility index (Phi) is 9.34. The van der Waals surface area contributed by atoms with Gasteiger partial charge in [0, 0.05) is 19.3 Å². The van der Waals surface area contributed by atoms with Crippen molar-refractivity contribution in [3.05, 3.63) is 69.2 Å². The predicted molar refractivity (Wildman–Crippen MR) is 122 cm³/mol. The summed E-state index contributed by atoms with van der Waals surface area (Å²) in [7, 11) is 1.58. The van der Waals surface area contributed by atoms with E-state index in [-0.39, 0.29) is 11.8 Å². The van der Waals surface area contributed by atoms with E-state index in [0.29, 0.717) is 28.8 Å². The number of aryl methyl sites for hydroxylation is 1. The van der Waals surface area contributed by atoms with Crippen LogP contribution in [0.4, 0.5) is 0 Å². The number of carbonyl (C=O) groups excluding carboxylic acids is 2. The maximum atomic E-state index is 13.1. The molecule has 0 aliphatic carbocycles. The normalized spacial score (nSPS) is 11.8. The lowest BCUT2D eigenvalue weighted by Crippen LogP contribution is -2.48. The Morgan fingerprint density at radius 2 is 1.86 bits per heavy atom. The number of amides is 2. The Balaban J connectivity index is 2.14. The molecule has 7 heteroatoms. The van der Waals surface area contributed by atoms with Crippen molar-refractivity contribution < 1.29 is 9.59 Å². The number of benzene rings is 2. The zero-order valence-corrected chi connectivity index (χ0v) is 19.2. The third-order valence-corrected chi connectivity index (χ3v) is 6.42. The predicted octanol–water partition coefficient (Wildman–Crippen LogP) is 5.09. The maximum Gasteiger partial charge on any atom is 0.242 e. The van der Waals surface area contributed by atoms with Gasteiger partial charge in [0.25, 0.3) is 0 Å². The number of hydrogen-bond acceptors (Lipinski definition) is 3. The summed E-state index contributed by atoms with van der Waals surface area (Å²) in [4.78, 5) is 27.1. The molecule has 0 aromatic heterocycles. The van der Waals surface area contributed by atoms with E-state index in [9.17, 15) is 9.59 Å². The molecule has 0 aliphatic heterocycles. The number of carbonyl (C=O) groups is 2. The molecule has 2 aromatic rings. The quantitative estimate of drug-likeness (QED) is 0.576. The highest BCUT2D eigenvalue weighted by molar-refractivity contribution is 7.99. The minimum Gasteiger partial charge on any atom is -0.357 e. The van der Waals surface area contributed by atoms with Crippen LogP contribution in [0.25, 0.3) is 0 Å². The second-order valence-electron chi connectivity index (χ2n) is 6.73. The van der Waals surface area contributed by atoms with Gasteiger partial charge in [0.15, 0.2) is 0 Å². The van der Waals surface area contributed by atoms with E-state index in [0.717, 1.165) is 11.3 Å². The van der Waals surface area contributed by atoms with Gasteiger partial charge in [0.2, 0.25) is 11.8 Å². The van der Waals surface area contributed by atoms with Gasteiger partial charge in [0.05, 0.1) is 15.8 Å². The van der Waals surface area contributed by atoms with Crippen molar-refractivity contribution >= 4 is 46.8 Å². The Bertz CT molecular complexity index is 860. The molecule has 1 N–H and O–H groups in total. The highest BCUT2D eigenvalue weighted by Gasteiger charge is 2.28. The molecular weight excluding hydrogens is 427 g/mol. The van der Waals surface area contributed by atoms with Crippen LogP contribution in [0.1, 0.15) is 30.0 Å². The number of halogens is 2. The Morgan fingerprint density at radius 3 is 2.48 bits per heavy atom. The molecule has 156 valence electrons. The number of nitrogens with one attached hydrogen (secondary N) is 1. The van der Waals surface area contributed by atoms with Crippen molar-refractivity contribution in [3.8, 4) is 0 Å². The molecule has 0 radical (unpaired) electrons. The lowest BCUT2D eigenvalue weighted by molar-refractivity contribution is -0.139. The average Bonchev–Trinajstić information content (AvgIpc) is 2.71. The van der Waals surface area contributed by atoms with Gasteiger partial charge in [-0.15, -0.1) is 11.8 Å². The number of hydrogen-bond donors (Lipinski definition) is 1. The summed E-state index contributed by atoms with van der Waals surface area (Å²) in [5.74, 6) is 0.786. The van der Waals surface area contributed by atoms with Crippen LogP contribution in [-0.4, -0.2) is 35.6 Å². The Morgan fingerprint density at radius 1 is 1.14 bits per heavy atom. The molecule has 2 aromatic carbocycles. The van der Waals surface area contributed by atoms with Gasteiger partial charge in [-0.2, -0.15) is 0 Å². The number of likely N-dealkylation sites (N-methyl/N-ethyl adjacent to an activating group) is 1. The van der Waals surface area contributed by atoms with E-state index in [1.807, 2.05) is 25.1 Å². The fourth-order valence-corrected chi connectivity index (χ4v) is 4.33. The van der Waals surface area contributed by atoms with Crippen LogP contribution in [0.15, 0.2) is 42.5 Å². The van der Waals surface area contributed by atoms with Crippen molar-refractivity contribution in [1.29, 1.82) is 0 Å². The van der Waals surface area contributed by atoms with E-state index < -0.39 is 6.04 Å². The van der Waals surface area contributed by atoms with Crippen molar-refractivity contribution in [3.63, 3.8) is 0 Å². The van der Waals surface area contributed by atoms with Gasteiger partial charge in [-0.3, -0.25) is 9.59 Å². The molecule has 0 heterocycles. The molecule has 0 saturated heterocycles. The summed E-state index contributed by atoms with van der Waals surface area (Å²) in [6, 6.07) is 12.9. The first-order valence-electron chi connectivity index (χ1n) is 9.44. The molecule has 0 bridgehead atoms. The zero-order valence-electron chi connectivity index (χ0n) is 16.9. The first-order chi connectivity index (χ1) is 13.9. The van der Waals surface area contributed by atoms with Gasteiger partial charge in [0.1, 0.15) is 6.04 Å². The smallest absolute Gasteiger partial charge is 0.242 e. The fourth-order valence-electron chi connectivity index (χ4n) is 3.02. The molecule has 1 unspecified atom stereocenters. The summed E-state index contributed by atoms with van der Waals surface area (Å²) < 4.78 is 0. The Hall–Kier alpha value is -1.69. The molecule has 0 aliphatic rings. The number of nitrogens with zero attached hydrogens (tertiary/aromatic N) is 1. The molecular formula is C22H26Cl2N2O2S. The molecule has 29 heavy (non-hydrogen) atoms. The lowest BCUT2D eigenvalue weighted by atomic mass is 10.1. The van der Waals surface area contributed by atoms with Gasteiger partial charge in [-0.05, 0) is 42.2 Å². The largest absolute Gasteiger partial charge is 0.357 e. The summed E-state index contributed by atoms with van der Waals surface area (Å²) in [6.07, 6.45) is 0.523. The number of thioether (sulfide) groups is 1. The van der Waals surface area contributed by atoms with Crippen molar-refractivity contribution in [1.82, 2.24) is 10.2 Å². The third kappa shape index (κ3) is 6.66. The first kappa shape index (κ1) is 23.6. The minimum atomic E-state index is -0.541. The van der Waals surface area contributed by atoms with Crippen LogP contribution in [-0.2, 0) is 21.9 Å². The maximum absolute atomic E-state index is 13.1. The molecule has 2 rings (SSSR count). The van der Waals surface area contributed by atoms with E-state index in [2.05, 4.69) is 24.4 Å². The molecule has 0 fully saturated rings. The topological polar surface area (TPSA) is 49.4 Å². The van der Waals surface area contributed by atoms with E-state index in [1.54, 1.807) is 35.8 Å². The Labute approximate surface area is 187 Å². The highest BCUT2D eigenvalue weighted by Crippen LogP contribution is 2.24. The second kappa shape index (κ2) is 11.5. The zero-order chi connectivity index (χ0) is 21.4. The van der Waals surface area contributed by atoms with E-state index >= 15 is 0 Å². The fraction of sp³-hybridized carbons (Fsp3) is 0.364. The van der Waals surface area contributed by atoms with Gasteiger partial charge >= 0.3 is 0 Å². The van der Waals surface area contributed by atoms with Crippen molar-refractivity contribution in [2.45, 2.75) is 38.6 Å². The lowest BCUT2D eigenvalue weighted by Gasteiger charge is -2.30. The van der Waals surface area contributed by atoms with E-state index in [1.165, 1.54) is 11.1 Å². The average molecular weight is 453 g/mol. The van der Waals surface area contributed by atoms with Crippen LogP contribution in [0.5, 0.6) is 0 Å². The van der Waals surface area contributed by atoms with Crippen molar-refractivity contribution in [2.24, 2.45) is 0 Å². The van der Waals surface area contributed by atoms with Crippen LogP contribution < -0.4 is 5.32 Å². The summed E-state index contributed by atoms with van der Waals surface area (Å²) >= 11 is 13.7. The van der Waals surface area contributed by atoms with Crippen LogP contribution in [0.3, 0.4) is 0 Å².